The van der Waals surface area contributed by atoms with E-state index in [1.165, 1.54) is 19.0 Å². The van der Waals surface area contributed by atoms with Gasteiger partial charge in [-0.3, -0.25) is 0 Å². The first kappa shape index (κ1) is 18.7. The van der Waals surface area contributed by atoms with Gasteiger partial charge in [-0.1, -0.05) is 42.5 Å². The second-order valence-electron chi connectivity index (χ2n) is 6.74. The van der Waals surface area contributed by atoms with Gasteiger partial charge in [0.1, 0.15) is 18.1 Å². The molecule has 0 radical (unpaired) electrons. The fourth-order valence-electron chi connectivity index (χ4n) is 3.45. The first-order chi connectivity index (χ1) is 14.2. The minimum Gasteiger partial charge on any atom is -0.493 e. The third-order valence-electron chi connectivity index (χ3n) is 4.90. The standard InChI is InChI=1S/C22H22N4O3/c1-15-19(21(27)28-2)20(26-22(25-15)23-14-24-26)17-8-10-18(11-9-17)29-13-12-16-6-4-3-5-7-16/h3-11,14,20H,12-13H2,1-2H3,(H,23,24,25). The molecule has 1 aliphatic heterocycles. The van der Waals surface area contributed by atoms with Crippen LogP contribution in [0.2, 0.25) is 0 Å². The number of hydrogen-bond acceptors (Lipinski definition) is 6. The van der Waals surface area contributed by atoms with Crippen molar-refractivity contribution in [3.8, 4) is 5.75 Å². The van der Waals surface area contributed by atoms with Gasteiger partial charge in [-0.2, -0.15) is 10.1 Å². The number of anilines is 1. The average Bonchev–Trinajstić information content (AvgIpc) is 3.21. The van der Waals surface area contributed by atoms with E-state index in [4.69, 9.17) is 9.47 Å². The Morgan fingerprint density at radius 3 is 2.62 bits per heavy atom. The first-order valence-electron chi connectivity index (χ1n) is 9.39. The number of aromatic nitrogens is 3. The zero-order valence-corrected chi connectivity index (χ0v) is 16.3. The van der Waals surface area contributed by atoms with Crippen LogP contribution in [0.4, 0.5) is 5.95 Å². The van der Waals surface area contributed by atoms with Gasteiger partial charge >= 0.3 is 5.97 Å². The van der Waals surface area contributed by atoms with Crippen LogP contribution < -0.4 is 10.1 Å². The summed E-state index contributed by atoms with van der Waals surface area (Å²) in [5.41, 5.74) is 3.34. The number of benzene rings is 2. The lowest BCUT2D eigenvalue weighted by molar-refractivity contribution is -0.136. The Hall–Kier alpha value is -3.61. The molecule has 0 saturated carbocycles. The Kier molecular flexibility index (Phi) is 5.29. The maximum Gasteiger partial charge on any atom is 0.338 e. The van der Waals surface area contributed by atoms with Crippen LogP contribution in [-0.2, 0) is 16.0 Å². The van der Waals surface area contributed by atoms with Gasteiger partial charge in [-0.15, -0.1) is 0 Å². The second-order valence-corrected chi connectivity index (χ2v) is 6.74. The summed E-state index contributed by atoms with van der Waals surface area (Å²) in [6.07, 6.45) is 2.30. The highest BCUT2D eigenvalue weighted by Crippen LogP contribution is 2.35. The summed E-state index contributed by atoms with van der Waals surface area (Å²) in [5, 5.41) is 7.39. The number of methoxy groups -OCH3 is 1. The number of carbonyl (C=O) groups excluding carboxylic acids is 1. The topological polar surface area (TPSA) is 78.3 Å². The number of ether oxygens (including phenoxy) is 2. The lowest BCUT2D eigenvalue weighted by Gasteiger charge is -2.28. The fourth-order valence-corrected chi connectivity index (χ4v) is 3.45. The van der Waals surface area contributed by atoms with E-state index in [1.54, 1.807) is 4.68 Å². The molecular formula is C22H22N4O3. The fraction of sp³-hybridized carbons (Fsp3) is 0.227. The molecule has 2 heterocycles. The van der Waals surface area contributed by atoms with Crippen molar-refractivity contribution in [2.24, 2.45) is 0 Å². The monoisotopic (exact) mass is 390 g/mol. The summed E-state index contributed by atoms with van der Waals surface area (Å²) in [4.78, 5) is 16.6. The number of hydrogen-bond donors (Lipinski definition) is 1. The molecule has 0 bridgehead atoms. The van der Waals surface area contributed by atoms with E-state index in [-0.39, 0.29) is 0 Å². The van der Waals surface area contributed by atoms with Crippen molar-refractivity contribution in [3.63, 3.8) is 0 Å². The second kappa shape index (κ2) is 8.18. The van der Waals surface area contributed by atoms with Crippen molar-refractivity contribution in [1.82, 2.24) is 14.8 Å². The highest BCUT2D eigenvalue weighted by molar-refractivity contribution is 5.92. The van der Waals surface area contributed by atoms with Gasteiger partial charge in [0, 0.05) is 12.1 Å². The highest BCUT2D eigenvalue weighted by Gasteiger charge is 2.33. The quantitative estimate of drug-likeness (QED) is 0.650. The molecule has 1 aliphatic rings. The highest BCUT2D eigenvalue weighted by atomic mass is 16.5. The molecule has 3 aromatic rings. The predicted molar refractivity (Wildman–Crippen MR) is 109 cm³/mol. The van der Waals surface area contributed by atoms with Crippen molar-refractivity contribution >= 4 is 11.9 Å². The minimum absolute atomic E-state index is 0.399. The number of rotatable bonds is 6. The van der Waals surface area contributed by atoms with Crippen molar-refractivity contribution < 1.29 is 14.3 Å². The van der Waals surface area contributed by atoms with Gasteiger partial charge in [-0.25, -0.2) is 9.48 Å². The third-order valence-corrected chi connectivity index (χ3v) is 4.90. The maximum atomic E-state index is 12.4. The van der Waals surface area contributed by atoms with Gasteiger partial charge in [0.05, 0.1) is 19.3 Å². The molecule has 7 heteroatoms. The number of allylic oxidation sites excluding steroid dienone is 1. The number of nitrogens with zero attached hydrogens (tertiary/aromatic N) is 3. The van der Waals surface area contributed by atoms with Crippen LogP contribution in [0.3, 0.4) is 0 Å². The summed E-state index contributed by atoms with van der Waals surface area (Å²) in [6.45, 7) is 2.43. The Labute approximate surface area is 169 Å². The predicted octanol–water partition coefficient (Wildman–Crippen LogP) is 3.36. The zero-order chi connectivity index (χ0) is 20.2. The lowest BCUT2D eigenvalue weighted by Crippen LogP contribution is -2.29. The van der Waals surface area contributed by atoms with E-state index in [0.717, 1.165) is 17.7 Å². The number of esters is 1. The molecule has 1 N–H and O–H groups in total. The van der Waals surface area contributed by atoms with Crippen molar-refractivity contribution in [1.29, 1.82) is 0 Å². The largest absolute Gasteiger partial charge is 0.493 e. The van der Waals surface area contributed by atoms with Crippen molar-refractivity contribution in [2.75, 3.05) is 19.0 Å². The van der Waals surface area contributed by atoms with Crippen LogP contribution in [-0.4, -0.2) is 34.5 Å². The van der Waals surface area contributed by atoms with Crippen LogP contribution in [0, 0.1) is 0 Å². The van der Waals surface area contributed by atoms with E-state index >= 15 is 0 Å². The Bertz CT molecular complexity index is 1030. The van der Waals surface area contributed by atoms with Gasteiger partial charge in [0.2, 0.25) is 5.95 Å². The molecule has 0 amide bonds. The van der Waals surface area contributed by atoms with Gasteiger partial charge in [0.15, 0.2) is 0 Å². The number of fused-ring (bicyclic) bond motifs is 1. The van der Waals surface area contributed by atoms with Crippen molar-refractivity contribution in [2.45, 2.75) is 19.4 Å². The molecule has 0 fully saturated rings. The van der Waals surface area contributed by atoms with E-state index in [2.05, 4.69) is 27.5 Å². The number of carbonyl (C=O) groups is 1. The molecule has 0 spiro atoms. The summed E-state index contributed by atoms with van der Waals surface area (Å²) in [5.74, 6) is 0.963. The van der Waals surface area contributed by atoms with E-state index < -0.39 is 12.0 Å². The van der Waals surface area contributed by atoms with Gasteiger partial charge in [0.25, 0.3) is 0 Å². The van der Waals surface area contributed by atoms with Crippen molar-refractivity contribution in [3.05, 3.63) is 83.3 Å². The van der Waals surface area contributed by atoms with Crippen LogP contribution in [0.15, 0.2) is 72.2 Å². The zero-order valence-electron chi connectivity index (χ0n) is 16.3. The van der Waals surface area contributed by atoms with Crippen LogP contribution in [0.25, 0.3) is 0 Å². The SMILES string of the molecule is COC(=O)C1=C(C)Nc2ncnn2C1c1ccc(OCCc2ccccc2)cc1. The molecule has 148 valence electrons. The molecule has 0 aliphatic carbocycles. The van der Waals surface area contributed by atoms with Crippen LogP contribution in [0.5, 0.6) is 5.75 Å². The van der Waals surface area contributed by atoms with Gasteiger partial charge in [-0.05, 0) is 30.2 Å². The van der Waals surface area contributed by atoms with E-state index in [0.29, 0.717) is 23.8 Å². The molecule has 4 rings (SSSR count). The Morgan fingerprint density at radius 1 is 1.14 bits per heavy atom. The minimum atomic E-state index is -0.417. The van der Waals surface area contributed by atoms with Crippen LogP contribution >= 0.6 is 0 Å². The lowest BCUT2D eigenvalue weighted by atomic mass is 9.96. The smallest absolute Gasteiger partial charge is 0.338 e. The molecule has 29 heavy (non-hydrogen) atoms. The van der Waals surface area contributed by atoms with Gasteiger partial charge < -0.3 is 14.8 Å². The van der Waals surface area contributed by atoms with E-state index in [1.807, 2.05) is 49.4 Å². The normalized spacial score (nSPS) is 15.4. The Morgan fingerprint density at radius 2 is 1.90 bits per heavy atom. The number of nitrogens with one attached hydrogen (secondary N) is 1. The molecule has 1 atom stereocenters. The van der Waals surface area contributed by atoms with Crippen LogP contribution in [0.1, 0.15) is 24.1 Å². The Balaban J connectivity index is 1.53. The third kappa shape index (κ3) is 3.85. The maximum absolute atomic E-state index is 12.4. The summed E-state index contributed by atoms with van der Waals surface area (Å²) >= 11 is 0. The molecule has 2 aromatic carbocycles. The first-order valence-corrected chi connectivity index (χ1v) is 9.39. The summed E-state index contributed by atoms with van der Waals surface area (Å²) < 4.78 is 12.6. The molecule has 1 aromatic heterocycles. The summed E-state index contributed by atoms with van der Waals surface area (Å²) in [6, 6.07) is 17.5. The molecule has 0 saturated heterocycles. The van der Waals surface area contributed by atoms with E-state index in [9.17, 15) is 4.79 Å². The molecule has 7 nitrogen and oxygen atoms in total. The molecular weight excluding hydrogens is 368 g/mol. The molecule has 1 unspecified atom stereocenters. The average molecular weight is 390 g/mol. The summed E-state index contributed by atoms with van der Waals surface area (Å²) in [7, 11) is 1.38.